The van der Waals surface area contributed by atoms with Crippen molar-refractivity contribution in [2.24, 2.45) is 7.05 Å². The molecule has 0 aliphatic heterocycles. The molecule has 1 aromatic carbocycles. The first kappa shape index (κ1) is 17.9. The van der Waals surface area contributed by atoms with Gasteiger partial charge in [0.2, 0.25) is 0 Å². The zero-order valence-electron chi connectivity index (χ0n) is 14.7. The number of aromatic nitrogens is 3. The van der Waals surface area contributed by atoms with Crippen LogP contribution in [0, 0.1) is 24.0 Å². The van der Waals surface area contributed by atoms with Crippen molar-refractivity contribution in [2.75, 3.05) is 5.75 Å². The van der Waals surface area contributed by atoms with Gasteiger partial charge in [0.15, 0.2) is 10.9 Å². The summed E-state index contributed by atoms with van der Waals surface area (Å²) in [5, 5.41) is 11.8. The molecule has 0 fully saturated rings. The molecule has 0 N–H and O–H groups in total. The van der Waals surface area contributed by atoms with Crippen LogP contribution in [0.4, 0.5) is 5.69 Å². The molecule has 8 heteroatoms. The molecule has 2 heterocycles. The SMILES string of the molecule is Cc1cc(C(=O)CSc2nccn2C)c(C)n1-c1cccc([N+](=O)[O-])c1. The van der Waals surface area contributed by atoms with E-state index in [1.807, 2.05) is 42.3 Å². The van der Waals surface area contributed by atoms with Gasteiger partial charge in [0.25, 0.3) is 5.69 Å². The van der Waals surface area contributed by atoms with E-state index in [4.69, 9.17) is 0 Å². The van der Waals surface area contributed by atoms with Crippen molar-refractivity contribution in [2.45, 2.75) is 19.0 Å². The van der Waals surface area contributed by atoms with Crippen molar-refractivity contribution >= 4 is 23.2 Å². The highest BCUT2D eigenvalue weighted by Crippen LogP contribution is 2.25. The summed E-state index contributed by atoms with van der Waals surface area (Å²) < 4.78 is 3.73. The summed E-state index contributed by atoms with van der Waals surface area (Å²) in [7, 11) is 1.88. The molecule has 7 nitrogen and oxygen atoms in total. The third kappa shape index (κ3) is 3.41. The van der Waals surface area contributed by atoms with E-state index >= 15 is 0 Å². The minimum atomic E-state index is -0.423. The van der Waals surface area contributed by atoms with Crippen molar-refractivity contribution in [3.63, 3.8) is 0 Å². The Balaban J connectivity index is 1.88. The van der Waals surface area contributed by atoms with Gasteiger partial charge in [0.05, 0.1) is 16.4 Å². The van der Waals surface area contributed by atoms with E-state index in [2.05, 4.69) is 4.98 Å². The average Bonchev–Trinajstić information content (AvgIpc) is 3.15. The van der Waals surface area contributed by atoms with Gasteiger partial charge in [0.1, 0.15) is 0 Å². The molecule has 0 spiro atoms. The molecule has 0 unspecified atom stereocenters. The molecule has 3 rings (SSSR count). The molecule has 3 aromatic rings. The number of benzene rings is 1. The summed E-state index contributed by atoms with van der Waals surface area (Å²) in [6, 6.07) is 8.23. The summed E-state index contributed by atoms with van der Waals surface area (Å²) >= 11 is 1.39. The Kier molecular flexibility index (Phi) is 4.94. The Morgan fingerprint density at radius 1 is 1.31 bits per heavy atom. The molecular formula is C18H18N4O3S. The molecule has 0 aliphatic rings. The molecule has 134 valence electrons. The average molecular weight is 370 g/mol. The maximum absolute atomic E-state index is 12.7. The number of carbonyl (C=O) groups is 1. The Morgan fingerprint density at radius 3 is 2.73 bits per heavy atom. The minimum absolute atomic E-state index is 0.00257. The first-order valence-electron chi connectivity index (χ1n) is 7.95. The predicted octanol–water partition coefficient (Wildman–Crippen LogP) is 3.71. The van der Waals surface area contributed by atoms with Crippen LogP contribution < -0.4 is 0 Å². The van der Waals surface area contributed by atoms with Gasteiger partial charge in [-0.1, -0.05) is 17.8 Å². The van der Waals surface area contributed by atoms with Crippen molar-refractivity contribution in [1.29, 1.82) is 0 Å². The first-order valence-corrected chi connectivity index (χ1v) is 8.94. The standard InChI is InChI=1S/C18H18N4O3S/c1-12-9-16(17(23)11-26-18-19-7-8-20(18)3)13(2)21(12)14-5-4-6-15(10-14)22(24)25/h4-10H,11H2,1-3H3. The number of aryl methyl sites for hydroxylation is 2. The van der Waals surface area contributed by atoms with Crippen LogP contribution in [0.25, 0.3) is 5.69 Å². The number of nitrogens with zero attached hydrogens (tertiary/aromatic N) is 4. The smallest absolute Gasteiger partial charge is 0.271 e. The fraction of sp³-hybridized carbons (Fsp3) is 0.222. The number of nitro benzene ring substituents is 1. The molecule has 2 aromatic heterocycles. The third-order valence-electron chi connectivity index (χ3n) is 4.14. The van der Waals surface area contributed by atoms with Gasteiger partial charge in [0, 0.05) is 48.5 Å². The number of non-ortho nitro benzene ring substituents is 1. The Bertz CT molecular complexity index is 990. The van der Waals surface area contributed by atoms with E-state index in [9.17, 15) is 14.9 Å². The predicted molar refractivity (Wildman–Crippen MR) is 100 cm³/mol. The van der Waals surface area contributed by atoms with Gasteiger partial charge >= 0.3 is 0 Å². The normalized spacial score (nSPS) is 10.9. The van der Waals surface area contributed by atoms with Crippen molar-refractivity contribution in [3.05, 3.63) is 69.8 Å². The second kappa shape index (κ2) is 7.17. The van der Waals surface area contributed by atoms with Gasteiger partial charge in [-0.3, -0.25) is 14.9 Å². The number of hydrogen-bond acceptors (Lipinski definition) is 5. The number of carbonyl (C=O) groups excluding carboxylic acids is 1. The number of hydrogen-bond donors (Lipinski definition) is 0. The van der Waals surface area contributed by atoms with Crippen LogP contribution >= 0.6 is 11.8 Å². The number of thioether (sulfide) groups is 1. The third-order valence-corrected chi connectivity index (χ3v) is 5.20. The number of imidazole rings is 1. The highest BCUT2D eigenvalue weighted by molar-refractivity contribution is 7.99. The van der Waals surface area contributed by atoms with Gasteiger partial charge < -0.3 is 9.13 Å². The van der Waals surface area contributed by atoms with Crippen LogP contribution in [0.2, 0.25) is 0 Å². The van der Waals surface area contributed by atoms with E-state index in [0.29, 0.717) is 11.3 Å². The Labute approximate surface area is 154 Å². The molecule has 0 radical (unpaired) electrons. The molecule has 0 aliphatic carbocycles. The second-order valence-electron chi connectivity index (χ2n) is 5.93. The zero-order valence-corrected chi connectivity index (χ0v) is 15.5. The van der Waals surface area contributed by atoms with E-state index in [1.54, 1.807) is 18.3 Å². The summed E-state index contributed by atoms with van der Waals surface area (Å²) in [6.07, 6.45) is 3.53. The Morgan fingerprint density at radius 2 is 2.08 bits per heavy atom. The van der Waals surface area contributed by atoms with Crippen molar-refractivity contribution in [3.8, 4) is 5.69 Å². The maximum Gasteiger partial charge on any atom is 0.271 e. The summed E-state index contributed by atoms with van der Waals surface area (Å²) in [6.45, 7) is 3.74. The lowest BCUT2D eigenvalue weighted by molar-refractivity contribution is -0.384. The fourth-order valence-electron chi connectivity index (χ4n) is 2.89. The summed E-state index contributed by atoms with van der Waals surface area (Å²) in [4.78, 5) is 27.5. The van der Waals surface area contributed by atoms with Gasteiger partial charge in [-0.05, 0) is 26.0 Å². The number of rotatable bonds is 6. The molecule has 0 saturated heterocycles. The van der Waals surface area contributed by atoms with Crippen LogP contribution in [-0.4, -0.2) is 30.6 Å². The quantitative estimate of drug-likeness (QED) is 0.286. The van der Waals surface area contributed by atoms with E-state index in [1.165, 1.54) is 23.9 Å². The number of ketones is 1. The minimum Gasteiger partial charge on any atom is -0.329 e. The highest BCUT2D eigenvalue weighted by atomic mass is 32.2. The van der Waals surface area contributed by atoms with E-state index < -0.39 is 4.92 Å². The molecular weight excluding hydrogens is 352 g/mol. The van der Waals surface area contributed by atoms with Crippen molar-refractivity contribution < 1.29 is 9.72 Å². The fourth-order valence-corrected chi connectivity index (χ4v) is 3.70. The summed E-state index contributed by atoms with van der Waals surface area (Å²) in [5.74, 6) is 0.284. The van der Waals surface area contributed by atoms with Crippen LogP contribution in [0.5, 0.6) is 0 Å². The van der Waals surface area contributed by atoms with Crippen LogP contribution in [0.1, 0.15) is 21.7 Å². The van der Waals surface area contributed by atoms with Gasteiger partial charge in [-0.25, -0.2) is 4.98 Å². The molecule has 0 saturated carbocycles. The lowest BCUT2D eigenvalue weighted by atomic mass is 10.2. The van der Waals surface area contributed by atoms with Gasteiger partial charge in [-0.2, -0.15) is 0 Å². The zero-order chi connectivity index (χ0) is 18.8. The lowest BCUT2D eigenvalue weighted by Gasteiger charge is -2.09. The largest absolute Gasteiger partial charge is 0.329 e. The first-order chi connectivity index (χ1) is 12.4. The van der Waals surface area contributed by atoms with Crippen LogP contribution in [-0.2, 0) is 7.05 Å². The second-order valence-corrected chi connectivity index (χ2v) is 6.87. The topological polar surface area (TPSA) is 83.0 Å². The lowest BCUT2D eigenvalue weighted by Crippen LogP contribution is -2.06. The monoisotopic (exact) mass is 370 g/mol. The van der Waals surface area contributed by atoms with Crippen LogP contribution in [0.3, 0.4) is 0 Å². The van der Waals surface area contributed by atoms with Crippen LogP contribution in [0.15, 0.2) is 47.9 Å². The molecule has 0 atom stereocenters. The van der Waals surface area contributed by atoms with E-state index in [0.717, 1.165) is 16.5 Å². The van der Waals surface area contributed by atoms with Gasteiger partial charge in [-0.15, -0.1) is 0 Å². The summed E-state index contributed by atoms with van der Waals surface area (Å²) in [5.41, 5.74) is 2.94. The maximum atomic E-state index is 12.7. The molecule has 26 heavy (non-hydrogen) atoms. The molecule has 0 bridgehead atoms. The van der Waals surface area contributed by atoms with Crippen molar-refractivity contribution in [1.82, 2.24) is 14.1 Å². The van der Waals surface area contributed by atoms with E-state index in [-0.39, 0.29) is 17.2 Å². The Hall–Kier alpha value is -2.87. The number of nitro groups is 1. The molecule has 0 amide bonds. The number of Topliss-reactive ketones (excluding diaryl/α,β-unsaturated/α-hetero) is 1. The highest BCUT2D eigenvalue weighted by Gasteiger charge is 2.18.